The van der Waals surface area contributed by atoms with Gasteiger partial charge in [0.2, 0.25) is 0 Å². The van der Waals surface area contributed by atoms with Crippen LogP contribution >= 0.6 is 11.6 Å². The Bertz CT molecular complexity index is 386. The zero-order valence-corrected chi connectivity index (χ0v) is 9.63. The number of carboxylic acids is 1. The van der Waals surface area contributed by atoms with Gasteiger partial charge in [0.15, 0.2) is 5.75 Å². The summed E-state index contributed by atoms with van der Waals surface area (Å²) in [5.41, 5.74) is 0.993. The first-order valence-corrected chi connectivity index (χ1v) is 4.96. The smallest absolute Gasteiger partial charge is 0.339 e. The van der Waals surface area contributed by atoms with E-state index in [4.69, 9.17) is 21.4 Å². The lowest BCUT2D eigenvalue weighted by molar-refractivity contribution is 0.0693. The summed E-state index contributed by atoms with van der Waals surface area (Å²) >= 11 is 5.93. The molecule has 0 amide bonds. The zero-order valence-electron chi connectivity index (χ0n) is 8.87. The van der Waals surface area contributed by atoms with Crippen molar-refractivity contribution in [2.75, 3.05) is 7.11 Å². The Hall–Kier alpha value is -1.22. The number of hydrogen-bond acceptors (Lipinski definition) is 2. The Morgan fingerprint density at radius 3 is 2.47 bits per heavy atom. The van der Waals surface area contributed by atoms with Gasteiger partial charge in [-0.15, -0.1) is 0 Å². The number of aromatic carboxylic acids is 1. The fourth-order valence-corrected chi connectivity index (χ4v) is 1.62. The van der Waals surface area contributed by atoms with E-state index in [9.17, 15) is 4.79 Å². The highest BCUT2D eigenvalue weighted by Crippen LogP contribution is 2.32. The van der Waals surface area contributed by atoms with Gasteiger partial charge in [0, 0.05) is 0 Å². The van der Waals surface area contributed by atoms with Crippen LogP contribution in [0.5, 0.6) is 5.75 Å². The maximum absolute atomic E-state index is 11.0. The average molecular weight is 229 g/mol. The predicted molar refractivity (Wildman–Crippen MR) is 59.1 cm³/mol. The summed E-state index contributed by atoms with van der Waals surface area (Å²) in [6.45, 7) is 3.95. The molecule has 4 heteroatoms. The van der Waals surface area contributed by atoms with Gasteiger partial charge in [0.25, 0.3) is 0 Å². The molecule has 0 aromatic heterocycles. The van der Waals surface area contributed by atoms with Crippen LogP contribution in [0.25, 0.3) is 0 Å². The molecule has 1 N–H and O–H groups in total. The molecule has 0 fully saturated rings. The number of hydrogen-bond donors (Lipinski definition) is 1. The van der Waals surface area contributed by atoms with E-state index in [1.807, 2.05) is 13.8 Å². The SMILES string of the molecule is COc1c(Cl)cc(C(C)C)cc1C(=O)O. The van der Waals surface area contributed by atoms with Gasteiger partial charge in [-0.05, 0) is 23.6 Å². The number of carboxylic acid groups (broad SMARTS) is 1. The summed E-state index contributed by atoms with van der Waals surface area (Å²) in [6.07, 6.45) is 0. The molecular weight excluding hydrogens is 216 g/mol. The number of methoxy groups -OCH3 is 1. The van der Waals surface area contributed by atoms with Crippen molar-refractivity contribution >= 4 is 17.6 Å². The van der Waals surface area contributed by atoms with Crippen molar-refractivity contribution in [3.8, 4) is 5.75 Å². The zero-order chi connectivity index (χ0) is 11.6. The van der Waals surface area contributed by atoms with Gasteiger partial charge in [-0.2, -0.15) is 0 Å². The molecule has 0 saturated heterocycles. The van der Waals surface area contributed by atoms with Crippen molar-refractivity contribution in [1.29, 1.82) is 0 Å². The summed E-state index contributed by atoms with van der Waals surface area (Å²) in [4.78, 5) is 11.0. The highest BCUT2D eigenvalue weighted by Gasteiger charge is 2.16. The minimum atomic E-state index is -1.03. The minimum Gasteiger partial charge on any atom is -0.494 e. The first-order chi connectivity index (χ1) is 6.97. The normalized spacial score (nSPS) is 10.5. The molecule has 0 unspecified atom stereocenters. The molecule has 1 aromatic rings. The standard InChI is InChI=1S/C11H13ClO3/c1-6(2)7-4-8(11(13)14)10(15-3)9(12)5-7/h4-6H,1-3H3,(H,13,14). The molecule has 0 aliphatic rings. The first kappa shape index (κ1) is 11.9. The Kier molecular flexibility index (Phi) is 3.58. The molecule has 0 aliphatic carbocycles. The fraction of sp³-hybridized carbons (Fsp3) is 0.364. The molecule has 0 bridgehead atoms. The predicted octanol–water partition coefficient (Wildman–Crippen LogP) is 3.17. The van der Waals surface area contributed by atoms with Gasteiger partial charge in [0.1, 0.15) is 5.56 Å². The van der Waals surface area contributed by atoms with Crippen LogP contribution in [-0.4, -0.2) is 18.2 Å². The van der Waals surface area contributed by atoms with Crippen molar-refractivity contribution in [1.82, 2.24) is 0 Å². The van der Waals surface area contributed by atoms with E-state index in [-0.39, 0.29) is 17.2 Å². The second kappa shape index (κ2) is 4.53. The monoisotopic (exact) mass is 228 g/mol. The number of carbonyl (C=O) groups is 1. The number of halogens is 1. The molecule has 15 heavy (non-hydrogen) atoms. The topological polar surface area (TPSA) is 46.5 Å². The van der Waals surface area contributed by atoms with E-state index in [0.29, 0.717) is 5.02 Å². The number of rotatable bonds is 3. The van der Waals surface area contributed by atoms with Crippen molar-refractivity contribution in [3.63, 3.8) is 0 Å². The molecule has 1 aromatic carbocycles. The quantitative estimate of drug-likeness (QED) is 0.865. The van der Waals surface area contributed by atoms with Crippen LogP contribution in [0.3, 0.4) is 0 Å². The summed E-state index contributed by atoms with van der Waals surface area (Å²) in [5, 5.41) is 9.32. The van der Waals surface area contributed by atoms with Crippen LogP contribution in [0.15, 0.2) is 12.1 Å². The minimum absolute atomic E-state index is 0.105. The van der Waals surface area contributed by atoms with Crippen LogP contribution in [0, 0.1) is 0 Å². The molecular formula is C11H13ClO3. The Morgan fingerprint density at radius 2 is 2.07 bits per heavy atom. The highest BCUT2D eigenvalue weighted by molar-refractivity contribution is 6.32. The summed E-state index contributed by atoms with van der Waals surface area (Å²) in [7, 11) is 1.41. The van der Waals surface area contributed by atoms with Gasteiger partial charge >= 0.3 is 5.97 Å². The lowest BCUT2D eigenvalue weighted by atomic mass is 10.0. The lowest BCUT2D eigenvalue weighted by Crippen LogP contribution is -2.03. The maximum atomic E-state index is 11.0. The molecule has 0 spiro atoms. The third kappa shape index (κ3) is 2.42. The highest BCUT2D eigenvalue weighted by atomic mass is 35.5. The van der Waals surface area contributed by atoms with Gasteiger partial charge in [0.05, 0.1) is 12.1 Å². The van der Waals surface area contributed by atoms with Gasteiger partial charge in [-0.25, -0.2) is 4.79 Å². The molecule has 0 saturated carbocycles. The van der Waals surface area contributed by atoms with Gasteiger partial charge < -0.3 is 9.84 Å². The van der Waals surface area contributed by atoms with Crippen molar-refractivity contribution in [2.45, 2.75) is 19.8 Å². The summed E-state index contributed by atoms with van der Waals surface area (Å²) in [5.74, 6) is -0.587. The maximum Gasteiger partial charge on any atom is 0.339 e. The third-order valence-corrected chi connectivity index (χ3v) is 2.45. The molecule has 0 aliphatic heterocycles. The molecule has 0 radical (unpaired) electrons. The second-order valence-corrected chi connectivity index (χ2v) is 3.95. The number of ether oxygens (including phenoxy) is 1. The molecule has 82 valence electrons. The van der Waals surface area contributed by atoms with Crippen molar-refractivity contribution < 1.29 is 14.6 Å². The van der Waals surface area contributed by atoms with E-state index < -0.39 is 5.97 Å². The van der Waals surface area contributed by atoms with Crippen LogP contribution in [-0.2, 0) is 0 Å². The fourth-order valence-electron chi connectivity index (χ4n) is 1.31. The average Bonchev–Trinajstić information content (AvgIpc) is 2.16. The molecule has 1 rings (SSSR count). The Morgan fingerprint density at radius 1 is 1.47 bits per heavy atom. The van der Waals surface area contributed by atoms with E-state index in [0.717, 1.165) is 5.56 Å². The third-order valence-electron chi connectivity index (χ3n) is 2.17. The summed E-state index contributed by atoms with van der Waals surface area (Å²) < 4.78 is 4.96. The van der Waals surface area contributed by atoms with E-state index in [1.54, 1.807) is 12.1 Å². The Balaban J connectivity index is 3.38. The van der Waals surface area contributed by atoms with E-state index in [2.05, 4.69) is 0 Å². The van der Waals surface area contributed by atoms with Gasteiger partial charge in [-0.1, -0.05) is 25.4 Å². The van der Waals surface area contributed by atoms with E-state index in [1.165, 1.54) is 7.11 Å². The molecule has 0 heterocycles. The van der Waals surface area contributed by atoms with Crippen LogP contribution in [0.2, 0.25) is 5.02 Å². The van der Waals surface area contributed by atoms with E-state index >= 15 is 0 Å². The van der Waals surface area contributed by atoms with Crippen LogP contribution in [0.1, 0.15) is 35.7 Å². The van der Waals surface area contributed by atoms with Crippen molar-refractivity contribution in [3.05, 3.63) is 28.3 Å². The molecule has 0 atom stereocenters. The Labute approximate surface area is 93.6 Å². The first-order valence-electron chi connectivity index (χ1n) is 4.58. The largest absolute Gasteiger partial charge is 0.494 e. The number of benzene rings is 1. The molecule has 3 nitrogen and oxygen atoms in total. The lowest BCUT2D eigenvalue weighted by Gasteiger charge is -2.12. The second-order valence-electron chi connectivity index (χ2n) is 3.54. The van der Waals surface area contributed by atoms with Crippen LogP contribution < -0.4 is 4.74 Å². The van der Waals surface area contributed by atoms with Crippen molar-refractivity contribution in [2.24, 2.45) is 0 Å². The summed E-state index contributed by atoms with van der Waals surface area (Å²) in [6, 6.07) is 3.33. The van der Waals surface area contributed by atoms with Crippen LogP contribution in [0.4, 0.5) is 0 Å². The van der Waals surface area contributed by atoms with Gasteiger partial charge in [-0.3, -0.25) is 0 Å².